The maximum absolute atomic E-state index is 13.5. The van der Waals surface area contributed by atoms with Crippen LogP contribution in [-0.2, 0) is 0 Å². The highest BCUT2D eigenvalue weighted by molar-refractivity contribution is 6.31. The molecule has 0 bridgehead atoms. The van der Waals surface area contributed by atoms with Crippen LogP contribution in [0, 0.1) is 11.6 Å². The predicted molar refractivity (Wildman–Crippen MR) is 73.6 cm³/mol. The summed E-state index contributed by atoms with van der Waals surface area (Å²) >= 11 is 5.72. The van der Waals surface area contributed by atoms with E-state index in [-0.39, 0.29) is 22.0 Å². The molecule has 0 aliphatic rings. The van der Waals surface area contributed by atoms with Crippen molar-refractivity contribution in [3.8, 4) is 0 Å². The smallest absolute Gasteiger partial charge is 0.258 e. The lowest BCUT2D eigenvalue weighted by molar-refractivity contribution is 0.102. The van der Waals surface area contributed by atoms with Gasteiger partial charge in [-0.3, -0.25) is 10.6 Å². The molecule has 0 saturated carbocycles. The average molecular weight is 298 g/mol. The SMILES string of the molecule is NNc1c(F)cccc1C(=O)Nc1cc(Cl)ccc1F. The van der Waals surface area contributed by atoms with Crippen molar-refractivity contribution >= 4 is 28.9 Å². The molecule has 0 saturated heterocycles. The Hall–Kier alpha value is -2.18. The van der Waals surface area contributed by atoms with Gasteiger partial charge in [0.05, 0.1) is 16.9 Å². The molecule has 0 fully saturated rings. The van der Waals surface area contributed by atoms with Gasteiger partial charge in [-0.2, -0.15) is 0 Å². The summed E-state index contributed by atoms with van der Waals surface area (Å²) < 4.78 is 27.0. The van der Waals surface area contributed by atoms with Crippen molar-refractivity contribution in [2.45, 2.75) is 0 Å². The van der Waals surface area contributed by atoms with Crippen LogP contribution in [-0.4, -0.2) is 5.91 Å². The third-order valence-electron chi connectivity index (χ3n) is 2.58. The number of carbonyl (C=O) groups is 1. The Balaban J connectivity index is 2.33. The third-order valence-corrected chi connectivity index (χ3v) is 2.81. The molecule has 1 amide bonds. The van der Waals surface area contributed by atoms with Gasteiger partial charge in [0, 0.05) is 5.02 Å². The highest BCUT2D eigenvalue weighted by Gasteiger charge is 2.16. The lowest BCUT2D eigenvalue weighted by Crippen LogP contribution is -2.18. The zero-order valence-corrected chi connectivity index (χ0v) is 10.8. The lowest BCUT2D eigenvalue weighted by atomic mass is 10.1. The average Bonchev–Trinajstić information content (AvgIpc) is 2.42. The fourth-order valence-electron chi connectivity index (χ4n) is 1.64. The Kier molecular flexibility index (Phi) is 4.16. The second-order valence-corrected chi connectivity index (χ2v) is 4.32. The number of nitrogens with one attached hydrogen (secondary N) is 2. The van der Waals surface area contributed by atoms with Crippen molar-refractivity contribution in [1.29, 1.82) is 0 Å². The zero-order chi connectivity index (χ0) is 14.7. The number of anilines is 2. The summed E-state index contributed by atoms with van der Waals surface area (Å²) in [5.74, 6) is 3.12. The third kappa shape index (κ3) is 2.87. The van der Waals surface area contributed by atoms with Crippen LogP contribution in [0.15, 0.2) is 36.4 Å². The first kappa shape index (κ1) is 14.2. The largest absolute Gasteiger partial charge is 0.321 e. The number of hydrazine groups is 1. The van der Waals surface area contributed by atoms with Crippen molar-refractivity contribution in [3.05, 3.63) is 58.6 Å². The monoisotopic (exact) mass is 297 g/mol. The molecular weight excluding hydrogens is 288 g/mol. The lowest BCUT2D eigenvalue weighted by Gasteiger charge is -2.11. The molecule has 0 radical (unpaired) electrons. The Bertz CT molecular complexity index is 664. The van der Waals surface area contributed by atoms with Gasteiger partial charge in [-0.1, -0.05) is 17.7 Å². The zero-order valence-electron chi connectivity index (χ0n) is 10.1. The molecule has 0 atom stereocenters. The number of nitrogen functional groups attached to an aromatic ring is 1. The Morgan fingerprint density at radius 1 is 1.15 bits per heavy atom. The van der Waals surface area contributed by atoms with Crippen LogP contribution in [0.5, 0.6) is 0 Å². The first-order chi connectivity index (χ1) is 9.52. The summed E-state index contributed by atoms with van der Waals surface area (Å²) in [5, 5.41) is 2.57. The highest BCUT2D eigenvalue weighted by Crippen LogP contribution is 2.23. The first-order valence-electron chi connectivity index (χ1n) is 5.54. The Morgan fingerprint density at radius 3 is 2.60 bits per heavy atom. The number of amides is 1. The maximum Gasteiger partial charge on any atom is 0.258 e. The van der Waals surface area contributed by atoms with Gasteiger partial charge in [-0.05, 0) is 30.3 Å². The van der Waals surface area contributed by atoms with Crippen LogP contribution in [0.4, 0.5) is 20.2 Å². The number of rotatable bonds is 3. The molecule has 20 heavy (non-hydrogen) atoms. The minimum absolute atomic E-state index is 0.0492. The second kappa shape index (κ2) is 5.85. The fraction of sp³-hybridized carbons (Fsp3) is 0. The molecule has 2 aromatic carbocycles. The van der Waals surface area contributed by atoms with Crippen LogP contribution < -0.4 is 16.6 Å². The summed E-state index contributed by atoms with van der Waals surface area (Å²) in [7, 11) is 0. The van der Waals surface area contributed by atoms with Crippen molar-refractivity contribution in [1.82, 2.24) is 0 Å². The molecule has 2 aromatic rings. The van der Waals surface area contributed by atoms with Gasteiger partial charge in [0.1, 0.15) is 11.6 Å². The van der Waals surface area contributed by atoms with E-state index in [0.717, 1.165) is 12.1 Å². The molecule has 7 heteroatoms. The van der Waals surface area contributed by atoms with Crippen LogP contribution in [0.2, 0.25) is 5.02 Å². The van der Waals surface area contributed by atoms with Crippen LogP contribution >= 0.6 is 11.6 Å². The first-order valence-corrected chi connectivity index (χ1v) is 5.92. The predicted octanol–water partition coefficient (Wildman–Crippen LogP) is 3.16. The molecule has 4 N–H and O–H groups in total. The van der Waals surface area contributed by atoms with E-state index in [1.54, 1.807) is 0 Å². The number of para-hydroxylation sites is 1. The molecule has 4 nitrogen and oxygen atoms in total. The molecule has 0 spiro atoms. The Morgan fingerprint density at radius 2 is 1.90 bits per heavy atom. The maximum atomic E-state index is 13.5. The fourth-order valence-corrected chi connectivity index (χ4v) is 1.82. The molecular formula is C13H10ClF2N3O. The van der Waals surface area contributed by atoms with E-state index < -0.39 is 17.5 Å². The summed E-state index contributed by atoms with van der Waals surface area (Å²) in [6, 6.07) is 7.57. The number of hydrogen-bond donors (Lipinski definition) is 3. The van der Waals surface area contributed by atoms with Gasteiger partial charge in [0.15, 0.2) is 0 Å². The van der Waals surface area contributed by atoms with E-state index in [4.69, 9.17) is 17.4 Å². The summed E-state index contributed by atoms with van der Waals surface area (Å²) in [4.78, 5) is 12.0. The van der Waals surface area contributed by atoms with E-state index >= 15 is 0 Å². The van der Waals surface area contributed by atoms with Gasteiger partial charge in [0.2, 0.25) is 0 Å². The van der Waals surface area contributed by atoms with Crippen LogP contribution in [0.25, 0.3) is 0 Å². The van der Waals surface area contributed by atoms with Gasteiger partial charge >= 0.3 is 0 Å². The normalized spacial score (nSPS) is 10.2. The van der Waals surface area contributed by atoms with Crippen LogP contribution in [0.1, 0.15) is 10.4 Å². The second-order valence-electron chi connectivity index (χ2n) is 3.89. The van der Waals surface area contributed by atoms with Gasteiger partial charge in [0.25, 0.3) is 5.91 Å². The molecule has 0 heterocycles. The van der Waals surface area contributed by atoms with Gasteiger partial charge < -0.3 is 10.7 Å². The summed E-state index contributed by atoms with van der Waals surface area (Å²) in [5.41, 5.74) is 1.78. The molecule has 104 valence electrons. The summed E-state index contributed by atoms with van der Waals surface area (Å²) in [6.07, 6.45) is 0. The summed E-state index contributed by atoms with van der Waals surface area (Å²) in [6.45, 7) is 0. The van der Waals surface area contributed by atoms with Gasteiger partial charge in [-0.25, -0.2) is 8.78 Å². The van der Waals surface area contributed by atoms with E-state index in [9.17, 15) is 13.6 Å². The number of nitrogens with two attached hydrogens (primary N) is 1. The standard InChI is InChI=1S/C13H10ClF2N3O/c14-7-4-5-9(15)11(6-7)18-13(20)8-2-1-3-10(16)12(8)19-17/h1-6,19H,17H2,(H,18,20). The van der Waals surface area contributed by atoms with E-state index in [2.05, 4.69) is 10.7 Å². The van der Waals surface area contributed by atoms with Crippen molar-refractivity contribution in [2.75, 3.05) is 10.7 Å². The quantitative estimate of drug-likeness (QED) is 0.602. The minimum Gasteiger partial charge on any atom is -0.321 e. The topological polar surface area (TPSA) is 67.1 Å². The van der Waals surface area contributed by atoms with Crippen molar-refractivity contribution in [2.24, 2.45) is 5.84 Å². The Labute approximate surface area is 118 Å². The van der Waals surface area contributed by atoms with E-state index in [0.29, 0.717) is 0 Å². The minimum atomic E-state index is -0.710. The van der Waals surface area contributed by atoms with Gasteiger partial charge in [-0.15, -0.1) is 0 Å². The number of hydrogen-bond acceptors (Lipinski definition) is 3. The molecule has 0 aliphatic heterocycles. The molecule has 0 unspecified atom stereocenters. The molecule has 0 aliphatic carbocycles. The number of carbonyl (C=O) groups excluding carboxylic acids is 1. The van der Waals surface area contributed by atoms with E-state index in [1.165, 1.54) is 24.3 Å². The van der Waals surface area contributed by atoms with Crippen molar-refractivity contribution in [3.63, 3.8) is 0 Å². The van der Waals surface area contributed by atoms with E-state index in [1.807, 2.05) is 0 Å². The highest BCUT2D eigenvalue weighted by atomic mass is 35.5. The van der Waals surface area contributed by atoms with Crippen LogP contribution in [0.3, 0.4) is 0 Å². The van der Waals surface area contributed by atoms with Crippen molar-refractivity contribution < 1.29 is 13.6 Å². The number of halogens is 3. The molecule has 2 rings (SSSR count). The number of benzene rings is 2. The molecule has 0 aromatic heterocycles.